The summed E-state index contributed by atoms with van der Waals surface area (Å²) in [5.74, 6) is 0. The van der Waals surface area contributed by atoms with Gasteiger partial charge in [-0.2, -0.15) is 0 Å². The van der Waals surface area contributed by atoms with Gasteiger partial charge in [0.05, 0.1) is 26.7 Å². The molecule has 0 aliphatic rings. The van der Waals surface area contributed by atoms with E-state index in [9.17, 15) is 18.5 Å². The lowest BCUT2D eigenvalue weighted by molar-refractivity contribution is -0.385. The van der Waals surface area contributed by atoms with Crippen LogP contribution in [0.15, 0.2) is 41.6 Å². The fourth-order valence-electron chi connectivity index (χ4n) is 1.64. The minimum atomic E-state index is -4.00. The van der Waals surface area contributed by atoms with E-state index >= 15 is 0 Å². The van der Waals surface area contributed by atoms with E-state index in [1.54, 1.807) is 6.92 Å². The van der Waals surface area contributed by atoms with Crippen molar-refractivity contribution in [3.8, 4) is 0 Å². The van der Waals surface area contributed by atoms with Crippen LogP contribution >= 0.6 is 11.6 Å². The Bertz CT molecular complexity index is 808. The molecule has 0 amide bonds. The normalized spacial score (nSPS) is 11.1. The van der Waals surface area contributed by atoms with E-state index < -0.39 is 14.9 Å². The van der Waals surface area contributed by atoms with Crippen molar-refractivity contribution >= 4 is 33.0 Å². The maximum absolute atomic E-state index is 12.3. The van der Waals surface area contributed by atoms with Gasteiger partial charge in [-0.25, -0.2) is 8.42 Å². The van der Waals surface area contributed by atoms with Gasteiger partial charge in [0.2, 0.25) is 0 Å². The number of benzene rings is 1. The van der Waals surface area contributed by atoms with E-state index in [-0.39, 0.29) is 21.3 Å². The Morgan fingerprint density at radius 2 is 2.05 bits per heavy atom. The Hall–Kier alpha value is -2.19. The molecule has 2 aromatic rings. The second kappa shape index (κ2) is 5.66. The van der Waals surface area contributed by atoms with E-state index in [1.807, 2.05) is 0 Å². The Kier molecular flexibility index (Phi) is 4.10. The van der Waals surface area contributed by atoms with Gasteiger partial charge in [-0.3, -0.25) is 19.8 Å². The predicted molar refractivity (Wildman–Crippen MR) is 77.9 cm³/mol. The third-order valence-corrected chi connectivity index (χ3v) is 4.52. The Balaban J connectivity index is 2.47. The third kappa shape index (κ3) is 3.29. The molecule has 0 unspecified atom stereocenters. The lowest BCUT2D eigenvalue weighted by Crippen LogP contribution is -2.15. The molecule has 0 saturated heterocycles. The number of halogens is 1. The standard InChI is InChI=1S/C12H10ClN3O4S/c1-8-2-3-9(16(17)18)6-12(8)21(19,20)15-11-7-14-5-4-10(11)13/h2-7,15H,1H3. The van der Waals surface area contributed by atoms with Crippen LogP contribution in [0.1, 0.15) is 5.56 Å². The zero-order valence-corrected chi connectivity index (χ0v) is 12.4. The maximum Gasteiger partial charge on any atom is 0.270 e. The molecule has 21 heavy (non-hydrogen) atoms. The molecule has 0 spiro atoms. The molecule has 0 saturated carbocycles. The molecule has 0 fully saturated rings. The van der Waals surface area contributed by atoms with Gasteiger partial charge in [0.25, 0.3) is 15.7 Å². The first-order valence-electron chi connectivity index (χ1n) is 5.68. The molecule has 0 bridgehead atoms. The topological polar surface area (TPSA) is 102 Å². The highest BCUT2D eigenvalue weighted by molar-refractivity contribution is 7.92. The van der Waals surface area contributed by atoms with E-state index in [2.05, 4.69) is 9.71 Å². The first-order chi connectivity index (χ1) is 9.81. The predicted octanol–water partition coefficient (Wildman–Crippen LogP) is 2.75. The van der Waals surface area contributed by atoms with E-state index in [1.165, 1.54) is 30.6 Å². The molecule has 7 nitrogen and oxygen atoms in total. The number of pyridine rings is 1. The van der Waals surface area contributed by atoms with Gasteiger partial charge in [-0.15, -0.1) is 0 Å². The second-order valence-corrected chi connectivity index (χ2v) is 6.23. The van der Waals surface area contributed by atoms with Crippen molar-refractivity contribution in [2.75, 3.05) is 4.72 Å². The summed E-state index contributed by atoms with van der Waals surface area (Å²) < 4.78 is 26.9. The van der Waals surface area contributed by atoms with Gasteiger partial charge in [-0.1, -0.05) is 17.7 Å². The number of rotatable bonds is 4. The molecule has 2 rings (SSSR count). The number of hydrogen-bond donors (Lipinski definition) is 1. The number of aromatic nitrogens is 1. The van der Waals surface area contributed by atoms with Crippen molar-refractivity contribution in [3.05, 3.63) is 57.4 Å². The lowest BCUT2D eigenvalue weighted by Gasteiger charge is -2.10. The second-order valence-electron chi connectivity index (χ2n) is 4.17. The van der Waals surface area contributed by atoms with Gasteiger partial charge in [0.15, 0.2) is 0 Å². The van der Waals surface area contributed by atoms with Crippen LogP contribution in [0.25, 0.3) is 0 Å². The first-order valence-corrected chi connectivity index (χ1v) is 7.55. The molecule has 0 atom stereocenters. The van der Waals surface area contributed by atoms with Crippen molar-refractivity contribution < 1.29 is 13.3 Å². The molecule has 1 aromatic carbocycles. The smallest absolute Gasteiger partial charge is 0.270 e. The van der Waals surface area contributed by atoms with Gasteiger partial charge in [-0.05, 0) is 18.6 Å². The minimum Gasteiger partial charge on any atom is -0.277 e. The highest BCUT2D eigenvalue weighted by Gasteiger charge is 2.21. The zero-order chi connectivity index (χ0) is 15.6. The largest absolute Gasteiger partial charge is 0.277 e. The summed E-state index contributed by atoms with van der Waals surface area (Å²) in [5, 5.41) is 10.9. The van der Waals surface area contributed by atoms with E-state index in [4.69, 9.17) is 11.6 Å². The van der Waals surface area contributed by atoms with Crippen molar-refractivity contribution in [1.82, 2.24) is 4.98 Å². The molecule has 0 aliphatic carbocycles. The number of non-ortho nitro benzene ring substituents is 1. The van der Waals surface area contributed by atoms with Gasteiger partial charge >= 0.3 is 0 Å². The summed E-state index contributed by atoms with van der Waals surface area (Å²) in [5.41, 5.74) is 0.177. The summed E-state index contributed by atoms with van der Waals surface area (Å²) >= 11 is 5.86. The quantitative estimate of drug-likeness (QED) is 0.687. The Morgan fingerprint density at radius 1 is 1.33 bits per heavy atom. The minimum absolute atomic E-state index is 0.102. The van der Waals surface area contributed by atoms with E-state index in [0.717, 1.165) is 6.07 Å². The van der Waals surface area contributed by atoms with Gasteiger partial charge in [0, 0.05) is 18.3 Å². The summed E-state index contributed by atoms with van der Waals surface area (Å²) in [6, 6.07) is 5.05. The van der Waals surface area contributed by atoms with Crippen molar-refractivity contribution in [2.24, 2.45) is 0 Å². The molecular weight excluding hydrogens is 318 g/mol. The Labute approximate surface area is 125 Å². The van der Waals surface area contributed by atoms with Crippen molar-refractivity contribution in [3.63, 3.8) is 0 Å². The number of nitro groups is 1. The highest BCUT2D eigenvalue weighted by Crippen LogP contribution is 2.26. The molecule has 0 radical (unpaired) electrons. The number of anilines is 1. The lowest BCUT2D eigenvalue weighted by atomic mass is 10.2. The van der Waals surface area contributed by atoms with Crippen LogP contribution < -0.4 is 4.72 Å². The molecule has 0 aliphatic heterocycles. The van der Waals surface area contributed by atoms with Gasteiger partial charge in [0.1, 0.15) is 0 Å². The van der Waals surface area contributed by atoms with Crippen LogP contribution in [0.5, 0.6) is 0 Å². The first kappa shape index (κ1) is 15.2. The summed E-state index contributed by atoms with van der Waals surface area (Å²) in [6.07, 6.45) is 2.67. The zero-order valence-electron chi connectivity index (χ0n) is 10.8. The van der Waals surface area contributed by atoms with Crippen LogP contribution in [0.3, 0.4) is 0 Å². The van der Waals surface area contributed by atoms with Crippen LogP contribution in [0.4, 0.5) is 11.4 Å². The number of nitrogens with one attached hydrogen (secondary N) is 1. The fraction of sp³-hybridized carbons (Fsp3) is 0.0833. The average Bonchev–Trinajstić information content (AvgIpc) is 2.41. The SMILES string of the molecule is Cc1ccc([N+](=O)[O-])cc1S(=O)(=O)Nc1cnccc1Cl. The number of hydrogen-bond acceptors (Lipinski definition) is 5. The Morgan fingerprint density at radius 3 is 2.67 bits per heavy atom. The average molecular weight is 328 g/mol. The highest BCUT2D eigenvalue weighted by atomic mass is 35.5. The maximum atomic E-state index is 12.3. The number of aryl methyl sites for hydroxylation is 1. The van der Waals surface area contributed by atoms with E-state index in [0.29, 0.717) is 5.56 Å². The molecule has 1 N–H and O–H groups in total. The molecular formula is C12H10ClN3O4S. The van der Waals surface area contributed by atoms with Crippen LogP contribution in [-0.4, -0.2) is 18.3 Å². The van der Waals surface area contributed by atoms with Gasteiger partial charge < -0.3 is 0 Å². The molecule has 9 heteroatoms. The van der Waals surface area contributed by atoms with Crippen LogP contribution in [0.2, 0.25) is 5.02 Å². The number of nitrogens with zero attached hydrogens (tertiary/aromatic N) is 2. The van der Waals surface area contributed by atoms with Crippen LogP contribution in [-0.2, 0) is 10.0 Å². The van der Waals surface area contributed by atoms with Crippen molar-refractivity contribution in [1.29, 1.82) is 0 Å². The monoisotopic (exact) mass is 327 g/mol. The van der Waals surface area contributed by atoms with Crippen LogP contribution in [0, 0.1) is 17.0 Å². The third-order valence-electron chi connectivity index (χ3n) is 2.68. The fourth-order valence-corrected chi connectivity index (χ4v) is 3.18. The summed E-state index contributed by atoms with van der Waals surface area (Å²) in [7, 11) is -4.00. The summed E-state index contributed by atoms with van der Waals surface area (Å²) in [6.45, 7) is 1.54. The number of sulfonamides is 1. The molecule has 1 heterocycles. The van der Waals surface area contributed by atoms with Crippen molar-refractivity contribution in [2.45, 2.75) is 11.8 Å². The summed E-state index contributed by atoms with van der Waals surface area (Å²) in [4.78, 5) is 13.7. The number of nitro benzene ring substituents is 1. The molecule has 110 valence electrons. The molecule has 1 aromatic heterocycles.